The van der Waals surface area contributed by atoms with Crippen LogP contribution < -0.4 is 0 Å². The first-order chi connectivity index (χ1) is 32.1. The predicted molar refractivity (Wildman–Crippen MR) is 264 cm³/mol. The molecule has 0 N–H and O–H groups in total. The fourth-order valence-electron chi connectivity index (χ4n) is 9.47. The van der Waals surface area contributed by atoms with Gasteiger partial charge in [-0.15, -0.1) is 0 Å². The summed E-state index contributed by atoms with van der Waals surface area (Å²) >= 11 is 0. The molecule has 0 radical (unpaired) electrons. The Morgan fingerprint density at radius 1 is 0.394 bits per heavy atom. The minimum atomic E-state index is -4.61. The lowest BCUT2D eigenvalue weighted by molar-refractivity contribution is -0.137. The monoisotopic (exact) mass is 858 g/mol. The molecule has 7 heteroatoms. The van der Waals surface area contributed by atoms with Crippen molar-refractivity contribution in [1.29, 1.82) is 0 Å². The molecule has 2 heterocycles. The molecule has 0 aliphatic carbocycles. The van der Waals surface area contributed by atoms with Gasteiger partial charge in [-0.2, -0.15) is 13.2 Å². The largest absolute Gasteiger partial charge is 0.415 e. The number of aryl methyl sites for hydroxylation is 2. The quantitative estimate of drug-likeness (QED) is 0.148. The number of aromatic nitrogens is 2. The minimum absolute atomic E-state index is 0.113. The van der Waals surface area contributed by atoms with Gasteiger partial charge in [0.25, 0.3) is 0 Å². The van der Waals surface area contributed by atoms with Crippen molar-refractivity contribution in [3.63, 3.8) is 0 Å². The Kier molecular flexibility index (Phi) is 9.46. The summed E-state index contributed by atoms with van der Waals surface area (Å²) in [5.74, 6) is 0. The molecule has 4 nitrogen and oxygen atoms in total. The van der Waals surface area contributed by atoms with Crippen molar-refractivity contribution >= 4 is 55.0 Å². The molecule has 11 rings (SSSR count). The number of alkyl halides is 3. The van der Waals surface area contributed by atoms with Crippen LogP contribution in [0.5, 0.6) is 0 Å². The zero-order valence-electron chi connectivity index (χ0n) is 35.8. The molecule has 0 amide bonds. The molecule has 0 aliphatic rings. The van der Waals surface area contributed by atoms with Crippen LogP contribution in [-0.2, 0) is 6.18 Å². The summed E-state index contributed by atoms with van der Waals surface area (Å²) < 4.78 is 46.2. The third-order valence-electron chi connectivity index (χ3n) is 12.8. The van der Waals surface area contributed by atoms with Gasteiger partial charge in [-0.25, -0.2) is 9.69 Å². The standard InChI is InChI=1S/C59H37F3N4/c1-36-13-17-38(18-14-36)40-21-28-56-49(31-40)46-9-5-7-11-54(46)65(56)44-25-27-52(63-3)48(35-44)51-33-42(45-26-24-43(59(60,61)62)34-53(45)64-4)23-30-58(51)66-55-12-8-6-10-47(55)50-32-41(22-29-57(50)66)39-19-15-37(2)16-20-39/h5-35H,1-2H3. The van der Waals surface area contributed by atoms with E-state index in [0.29, 0.717) is 27.9 Å². The van der Waals surface area contributed by atoms with E-state index in [2.05, 4.69) is 142 Å². The van der Waals surface area contributed by atoms with Crippen LogP contribution in [0.1, 0.15) is 16.7 Å². The molecule has 0 aliphatic heterocycles. The van der Waals surface area contributed by atoms with Crippen molar-refractivity contribution in [2.24, 2.45) is 0 Å². The molecule has 0 atom stereocenters. The van der Waals surface area contributed by atoms with Gasteiger partial charge in [0, 0.05) is 32.8 Å². The van der Waals surface area contributed by atoms with E-state index in [-0.39, 0.29) is 5.69 Å². The highest BCUT2D eigenvalue weighted by Gasteiger charge is 2.31. The van der Waals surface area contributed by atoms with Crippen molar-refractivity contribution in [3.8, 4) is 55.9 Å². The van der Waals surface area contributed by atoms with Crippen LogP contribution in [0.25, 0.3) is 109 Å². The van der Waals surface area contributed by atoms with Crippen LogP contribution >= 0.6 is 0 Å². The topological polar surface area (TPSA) is 18.6 Å². The first-order valence-electron chi connectivity index (χ1n) is 21.5. The Bertz CT molecular complexity index is 3840. The van der Waals surface area contributed by atoms with Crippen molar-refractivity contribution in [2.45, 2.75) is 20.0 Å². The summed E-state index contributed by atoms with van der Waals surface area (Å²) in [6.07, 6.45) is -4.61. The molecular formula is C59H37F3N4. The summed E-state index contributed by atoms with van der Waals surface area (Å²) in [4.78, 5) is 7.65. The van der Waals surface area contributed by atoms with Gasteiger partial charge in [-0.1, -0.05) is 132 Å². The highest BCUT2D eigenvalue weighted by Crippen LogP contribution is 2.46. The van der Waals surface area contributed by atoms with Crippen molar-refractivity contribution in [1.82, 2.24) is 9.13 Å². The average molecular weight is 859 g/mol. The molecule has 66 heavy (non-hydrogen) atoms. The van der Waals surface area contributed by atoms with Gasteiger partial charge in [0.1, 0.15) is 0 Å². The van der Waals surface area contributed by atoms with Gasteiger partial charge in [0.2, 0.25) is 0 Å². The molecular weight excluding hydrogens is 822 g/mol. The summed E-state index contributed by atoms with van der Waals surface area (Å²) in [5.41, 5.74) is 14.0. The van der Waals surface area contributed by atoms with E-state index in [4.69, 9.17) is 13.1 Å². The van der Waals surface area contributed by atoms with Crippen molar-refractivity contribution in [3.05, 3.63) is 228 Å². The maximum absolute atomic E-state index is 13.9. The molecule has 9 aromatic carbocycles. The number of hydrogen-bond donors (Lipinski definition) is 0. The Balaban J connectivity index is 1.17. The Morgan fingerprint density at radius 3 is 1.48 bits per heavy atom. The van der Waals surface area contributed by atoms with Gasteiger partial charge in [0.05, 0.1) is 40.9 Å². The fraction of sp³-hybridized carbons (Fsp3) is 0.0508. The Hall–Kier alpha value is -8.65. The number of rotatable bonds is 6. The number of nitrogens with zero attached hydrogens (tertiary/aromatic N) is 4. The number of halogens is 3. The molecule has 314 valence electrons. The lowest BCUT2D eigenvalue weighted by atomic mass is 9.94. The highest BCUT2D eigenvalue weighted by atomic mass is 19.4. The van der Waals surface area contributed by atoms with Crippen molar-refractivity contribution < 1.29 is 13.2 Å². The molecule has 0 bridgehead atoms. The van der Waals surface area contributed by atoms with Crippen LogP contribution in [0.4, 0.5) is 24.5 Å². The van der Waals surface area contributed by atoms with E-state index in [9.17, 15) is 13.2 Å². The van der Waals surface area contributed by atoms with Gasteiger partial charge < -0.3 is 9.13 Å². The maximum Gasteiger partial charge on any atom is 0.415 e. The van der Waals surface area contributed by atoms with Crippen LogP contribution in [0, 0.1) is 27.0 Å². The normalized spacial score (nSPS) is 11.7. The number of hydrogen-bond acceptors (Lipinski definition) is 0. The summed E-state index contributed by atoms with van der Waals surface area (Å²) in [6, 6.07) is 61.4. The SMILES string of the molecule is [C-]#[N+]c1cc(C(F)(F)F)ccc1-c1ccc(-n2c3ccccc3c3cc(-c4ccc(C)cc4)ccc32)c(-c2cc(-n3c4ccccc4c4cc(-c5ccc(C)cc5)ccc43)ccc2[N+]#[C-])c1. The third-order valence-corrected chi connectivity index (χ3v) is 12.8. The molecule has 0 fully saturated rings. The van der Waals surface area contributed by atoms with Crippen LogP contribution in [0.2, 0.25) is 0 Å². The Morgan fingerprint density at radius 2 is 0.909 bits per heavy atom. The summed E-state index contributed by atoms with van der Waals surface area (Å²) in [7, 11) is 0. The lowest BCUT2D eigenvalue weighted by Crippen LogP contribution is -2.04. The minimum Gasteiger partial charge on any atom is -0.309 e. The zero-order valence-corrected chi connectivity index (χ0v) is 35.8. The maximum atomic E-state index is 13.9. The van der Waals surface area contributed by atoms with Gasteiger partial charge in [-0.05, 0) is 125 Å². The molecule has 0 spiro atoms. The molecule has 0 saturated heterocycles. The first-order valence-corrected chi connectivity index (χ1v) is 21.5. The zero-order chi connectivity index (χ0) is 45.3. The van der Waals surface area contributed by atoms with Crippen molar-refractivity contribution in [2.75, 3.05) is 0 Å². The van der Waals surface area contributed by atoms with E-state index >= 15 is 0 Å². The summed E-state index contributed by atoms with van der Waals surface area (Å²) in [5, 5.41) is 4.27. The average Bonchev–Trinajstić information content (AvgIpc) is 3.85. The van der Waals surface area contributed by atoms with Gasteiger partial charge in [-0.3, -0.25) is 0 Å². The lowest BCUT2D eigenvalue weighted by Gasteiger charge is -2.19. The van der Waals surface area contributed by atoms with E-state index < -0.39 is 11.7 Å². The summed E-state index contributed by atoms with van der Waals surface area (Å²) in [6.45, 7) is 20.6. The third kappa shape index (κ3) is 6.69. The van der Waals surface area contributed by atoms with E-state index in [0.717, 1.165) is 89.4 Å². The highest BCUT2D eigenvalue weighted by molar-refractivity contribution is 6.12. The Labute approximate surface area is 379 Å². The number of fused-ring (bicyclic) bond motifs is 6. The van der Waals surface area contributed by atoms with E-state index in [1.165, 1.54) is 17.2 Å². The smallest absolute Gasteiger partial charge is 0.309 e. The number of para-hydroxylation sites is 2. The predicted octanol–water partition coefficient (Wildman–Crippen LogP) is 17.3. The van der Waals surface area contributed by atoms with E-state index in [1.807, 2.05) is 60.7 Å². The molecule has 0 saturated carbocycles. The fourth-order valence-corrected chi connectivity index (χ4v) is 9.47. The van der Waals surface area contributed by atoms with E-state index in [1.54, 1.807) is 0 Å². The van der Waals surface area contributed by atoms with Crippen LogP contribution in [0.3, 0.4) is 0 Å². The molecule has 11 aromatic rings. The van der Waals surface area contributed by atoms with Gasteiger partial charge >= 0.3 is 6.18 Å². The van der Waals surface area contributed by atoms with Gasteiger partial charge in [0.15, 0.2) is 11.4 Å². The van der Waals surface area contributed by atoms with Crippen LogP contribution in [-0.4, -0.2) is 9.13 Å². The molecule has 2 aromatic heterocycles. The van der Waals surface area contributed by atoms with Crippen LogP contribution in [0.15, 0.2) is 188 Å². The number of benzene rings is 9. The second-order valence-electron chi connectivity index (χ2n) is 16.8. The first kappa shape index (κ1) is 40.1. The second-order valence-corrected chi connectivity index (χ2v) is 16.8. The second kappa shape index (κ2) is 15.6. The molecule has 0 unspecified atom stereocenters.